The van der Waals surface area contributed by atoms with E-state index in [2.05, 4.69) is 23.6 Å². The first-order valence-corrected chi connectivity index (χ1v) is 12.8. The first kappa shape index (κ1) is 23.9. The topological polar surface area (TPSA) is 60.9 Å². The molecule has 0 aromatic heterocycles. The summed E-state index contributed by atoms with van der Waals surface area (Å²) >= 11 is 6.28. The molecule has 0 spiro atoms. The van der Waals surface area contributed by atoms with Crippen LogP contribution in [0.25, 0.3) is 0 Å². The summed E-state index contributed by atoms with van der Waals surface area (Å²) in [4.78, 5) is 17.2. The SMILES string of the molecule is C=CCN(c1ccccc1Cl)S(=O)(=O)c1cccc(C(=O)N2CCN(c3ccccc3)CC2)c1. The molecule has 1 amide bonds. The molecule has 1 saturated heterocycles. The van der Waals surface area contributed by atoms with Crippen LogP contribution in [0.3, 0.4) is 0 Å². The van der Waals surface area contributed by atoms with Crippen LogP contribution in [0.2, 0.25) is 5.02 Å². The van der Waals surface area contributed by atoms with Gasteiger partial charge in [-0.25, -0.2) is 8.42 Å². The molecule has 0 bridgehead atoms. The predicted molar refractivity (Wildman–Crippen MR) is 137 cm³/mol. The van der Waals surface area contributed by atoms with Crippen molar-refractivity contribution in [1.82, 2.24) is 4.90 Å². The molecule has 0 aliphatic carbocycles. The molecule has 0 unspecified atom stereocenters. The number of carbonyl (C=O) groups is 1. The molecule has 176 valence electrons. The van der Waals surface area contributed by atoms with E-state index in [0.29, 0.717) is 42.5 Å². The molecule has 0 N–H and O–H groups in total. The van der Waals surface area contributed by atoms with Crippen molar-refractivity contribution in [3.8, 4) is 0 Å². The van der Waals surface area contributed by atoms with E-state index in [0.717, 1.165) is 5.69 Å². The highest BCUT2D eigenvalue weighted by Gasteiger charge is 2.28. The number of benzene rings is 3. The van der Waals surface area contributed by atoms with Gasteiger partial charge in [-0.3, -0.25) is 9.10 Å². The molecular weight excluding hydrogens is 470 g/mol. The van der Waals surface area contributed by atoms with Crippen molar-refractivity contribution in [2.45, 2.75) is 4.90 Å². The second kappa shape index (κ2) is 10.3. The summed E-state index contributed by atoms with van der Waals surface area (Å²) in [6.07, 6.45) is 1.50. The van der Waals surface area contributed by atoms with Gasteiger partial charge in [-0.15, -0.1) is 6.58 Å². The number of para-hydroxylation sites is 2. The van der Waals surface area contributed by atoms with E-state index in [4.69, 9.17) is 11.6 Å². The normalized spacial score (nSPS) is 14.0. The standard InChI is InChI=1S/C26H26ClN3O3S/c1-2-15-30(25-14-7-6-13-24(25)27)34(32,33)23-12-8-9-21(20-23)26(31)29-18-16-28(17-19-29)22-10-4-3-5-11-22/h2-14,20H,1,15-19H2. The Morgan fingerprint density at radius 3 is 2.29 bits per heavy atom. The fourth-order valence-corrected chi connectivity index (χ4v) is 5.79. The number of piperazine rings is 1. The number of amides is 1. The van der Waals surface area contributed by atoms with Crippen LogP contribution in [0, 0.1) is 0 Å². The van der Waals surface area contributed by atoms with Crippen LogP contribution in [-0.2, 0) is 10.0 Å². The van der Waals surface area contributed by atoms with Crippen molar-refractivity contribution in [3.63, 3.8) is 0 Å². The Morgan fingerprint density at radius 2 is 1.62 bits per heavy atom. The molecule has 34 heavy (non-hydrogen) atoms. The smallest absolute Gasteiger partial charge is 0.264 e. The molecular formula is C26H26ClN3O3S. The van der Waals surface area contributed by atoms with Gasteiger partial charge in [-0.05, 0) is 42.5 Å². The van der Waals surface area contributed by atoms with Gasteiger partial charge in [0.2, 0.25) is 0 Å². The number of anilines is 2. The maximum absolute atomic E-state index is 13.5. The third kappa shape index (κ3) is 4.95. The number of rotatable bonds is 7. The van der Waals surface area contributed by atoms with Gasteiger partial charge in [0, 0.05) is 37.4 Å². The van der Waals surface area contributed by atoms with E-state index >= 15 is 0 Å². The van der Waals surface area contributed by atoms with Crippen LogP contribution in [0.15, 0.2) is 96.4 Å². The average Bonchev–Trinajstić information content (AvgIpc) is 2.88. The summed E-state index contributed by atoms with van der Waals surface area (Å²) in [6.45, 7) is 6.29. The number of sulfonamides is 1. The molecule has 1 aliphatic rings. The Kier molecular flexibility index (Phi) is 7.24. The second-order valence-electron chi connectivity index (χ2n) is 7.92. The van der Waals surface area contributed by atoms with E-state index in [9.17, 15) is 13.2 Å². The van der Waals surface area contributed by atoms with Crippen LogP contribution in [0.1, 0.15) is 10.4 Å². The van der Waals surface area contributed by atoms with E-state index in [1.165, 1.54) is 22.5 Å². The first-order valence-electron chi connectivity index (χ1n) is 11.0. The highest BCUT2D eigenvalue weighted by atomic mass is 35.5. The van der Waals surface area contributed by atoms with Crippen molar-refractivity contribution in [1.29, 1.82) is 0 Å². The number of halogens is 1. The monoisotopic (exact) mass is 495 g/mol. The molecule has 0 radical (unpaired) electrons. The second-order valence-corrected chi connectivity index (χ2v) is 10.2. The molecule has 4 rings (SSSR count). The quantitative estimate of drug-likeness (QED) is 0.446. The lowest BCUT2D eigenvalue weighted by Crippen LogP contribution is -2.48. The third-order valence-electron chi connectivity index (χ3n) is 5.77. The lowest BCUT2D eigenvalue weighted by molar-refractivity contribution is 0.0746. The van der Waals surface area contributed by atoms with Crippen LogP contribution in [0.4, 0.5) is 11.4 Å². The van der Waals surface area contributed by atoms with E-state index < -0.39 is 10.0 Å². The van der Waals surface area contributed by atoms with Crippen molar-refractivity contribution in [2.75, 3.05) is 41.9 Å². The number of hydrogen-bond donors (Lipinski definition) is 0. The largest absolute Gasteiger partial charge is 0.368 e. The minimum absolute atomic E-state index is 0.0306. The minimum Gasteiger partial charge on any atom is -0.368 e. The Morgan fingerprint density at radius 1 is 0.941 bits per heavy atom. The van der Waals surface area contributed by atoms with Gasteiger partial charge in [0.05, 0.1) is 22.2 Å². The maximum atomic E-state index is 13.5. The van der Waals surface area contributed by atoms with E-state index in [1.54, 1.807) is 41.3 Å². The molecule has 3 aromatic carbocycles. The van der Waals surface area contributed by atoms with Crippen LogP contribution < -0.4 is 9.21 Å². The Balaban J connectivity index is 1.54. The molecule has 6 nitrogen and oxygen atoms in total. The Labute approximate surface area is 205 Å². The minimum atomic E-state index is -3.97. The zero-order valence-corrected chi connectivity index (χ0v) is 20.3. The predicted octanol–water partition coefficient (Wildman–Crippen LogP) is 4.68. The number of hydrogen-bond acceptors (Lipinski definition) is 4. The summed E-state index contributed by atoms with van der Waals surface area (Å²) in [5.41, 5.74) is 1.83. The maximum Gasteiger partial charge on any atom is 0.264 e. The van der Waals surface area contributed by atoms with Gasteiger partial charge in [-0.1, -0.05) is 54.1 Å². The lowest BCUT2D eigenvalue weighted by Gasteiger charge is -2.36. The van der Waals surface area contributed by atoms with Crippen molar-refractivity contribution in [2.24, 2.45) is 0 Å². The lowest BCUT2D eigenvalue weighted by atomic mass is 10.1. The van der Waals surface area contributed by atoms with Gasteiger partial charge in [0.15, 0.2) is 0 Å². The molecule has 3 aromatic rings. The van der Waals surface area contributed by atoms with Crippen LogP contribution in [-0.4, -0.2) is 51.9 Å². The van der Waals surface area contributed by atoms with Gasteiger partial charge in [-0.2, -0.15) is 0 Å². The molecule has 1 heterocycles. The van der Waals surface area contributed by atoms with Gasteiger partial charge >= 0.3 is 0 Å². The molecule has 8 heteroatoms. The zero-order valence-electron chi connectivity index (χ0n) is 18.7. The first-order chi connectivity index (χ1) is 16.4. The van der Waals surface area contributed by atoms with E-state index in [-0.39, 0.29) is 17.3 Å². The summed E-state index contributed by atoms with van der Waals surface area (Å²) < 4.78 is 28.2. The highest BCUT2D eigenvalue weighted by molar-refractivity contribution is 7.92. The molecule has 1 aliphatic heterocycles. The van der Waals surface area contributed by atoms with Crippen molar-refractivity contribution < 1.29 is 13.2 Å². The average molecular weight is 496 g/mol. The highest BCUT2D eigenvalue weighted by Crippen LogP contribution is 2.30. The summed E-state index contributed by atoms with van der Waals surface area (Å²) in [7, 11) is -3.97. The Bertz CT molecular complexity index is 1270. The third-order valence-corrected chi connectivity index (χ3v) is 7.87. The van der Waals surface area contributed by atoms with Gasteiger partial charge in [0.1, 0.15) is 0 Å². The zero-order chi connectivity index (χ0) is 24.1. The van der Waals surface area contributed by atoms with Gasteiger partial charge in [0.25, 0.3) is 15.9 Å². The van der Waals surface area contributed by atoms with E-state index in [1.807, 2.05) is 18.2 Å². The summed E-state index contributed by atoms with van der Waals surface area (Å²) in [6, 6.07) is 23.0. The van der Waals surface area contributed by atoms with Crippen molar-refractivity contribution >= 4 is 38.9 Å². The molecule has 0 saturated carbocycles. The summed E-state index contributed by atoms with van der Waals surface area (Å²) in [5, 5.41) is 0.316. The Hall–Kier alpha value is -3.29. The molecule has 0 atom stereocenters. The van der Waals surface area contributed by atoms with Gasteiger partial charge < -0.3 is 9.80 Å². The van der Waals surface area contributed by atoms with Crippen LogP contribution in [0.5, 0.6) is 0 Å². The number of carbonyl (C=O) groups excluding carboxylic acids is 1. The fraction of sp³-hybridized carbons (Fsp3) is 0.192. The fourth-order valence-electron chi connectivity index (χ4n) is 4.00. The summed E-state index contributed by atoms with van der Waals surface area (Å²) in [5.74, 6) is -0.183. The van der Waals surface area contributed by atoms with Crippen LogP contribution >= 0.6 is 11.6 Å². The number of nitrogens with zero attached hydrogens (tertiary/aromatic N) is 3. The molecule has 1 fully saturated rings. The van der Waals surface area contributed by atoms with Crippen molar-refractivity contribution in [3.05, 3.63) is 102 Å².